The first-order valence-corrected chi connectivity index (χ1v) is 9.36. The molecule has 2 aliphatic rings. The van der Waals surface area contributed by atoms with Gasteiger partial charge in [0.2, 0.25) is 12.7 Å². The lowest BCUT2D eigenvalue weighted by Gasteiger charge is -2.31. The van der Waals surface area contributed by atoms with Gasteiger partial charge in [-0.15, -0.1) is 0 Å². The van der Waals surface area contributed by atoms with Gasteiger partial charge in [0.15, 0.2) is 11.5 Å². The molecule has 0 saturated carbocycles. The predicted molar refractivity (Wildman–Crippen MR) is 102 cm³/mol. The van der Waals surface area contributed by atoms with E-state index in [9.17, 15) is 9.59 Å². The summed E-state index contributed by atoms with van der Waals surface area (Å²) >= 11 is 0. The summed E-state index contributed by atoms with van der Waals surface area (Å²) in [6, 6.07) is 7.24. The molecule has 7 heteroatoms. The first-order valence-electron chi connectivity index (χ1n) is 9.36. The number of fused-ring (bicyclic) bond motifs is 1. The fraction of sp³-hybridized carbons (Fsp3) is 0.333. The molecule has 146 valence electrons. The summed E-state index contributed by atoms with van der Waals surface area (Å²) in [5.41, 5.74) is 1.46. The number of ether oxygens (including phenoxy) is 2. The van der Waals surface area contributed by atoms with E-state index >= 15 is 0 Å². The van der Waals surface area contributed by atoms with E-state index in [0.717, 1.165) is 24.2 Å². The van der Waals surface area contributed by atoms with E-state index in [1.165, 1.54) is 18.6 Å². The maximum atomic E-state index is 12.3. The van der Waals surface area contributed by atoms with Crippen molar-refractivity contribution in [3.63, 3.8) is 0 Å². The van der Waals surface area contributed by atoms with Crippen molar-refractivity contribution in [2.45, 2.75) is 12.8 Å². The predicted octanol–water partition coefficient (Wildman–Crippen LogP) is 2.69. The fourth-order valence-electron chi connectivity index (χ4n) is 3.40. The van der Waals surface area contributed by atoms with Gasteiger partial charge in [-0.25, -0.2) is 0 Å². The average molecular weight is 382 g/mol. The Morgan fingerprint density at radius 1 is 1.14 bits per heavy atom. The Hall–Kier alpha value is -3.22. The highest BCUT2D eigenvalue weighted by Gasteiger charge is 2.24. The van der Waals surface area contributed by atoms with E-state index in [1.54, 1.807) is 12.1 Å². The zero-order valence-electron chi connectivity index (χ0n) is 15.4. The van der Waals surface area contributed by atoms with Crippen LogP contribution in [0.3, 0.4) is 0 Å². The summed E-state index contributed by atoms with van der Waals surface area (Å²) in [5, 5.41) is 2.95. The largest absolute Gasteiger partial charge is 0.472 e. The third-order valence-electron chi connectivity index (χ3n) is 5.06. The van der Waals surface area contributed by atoms with Crippen LogP contribution in [0.5, 0.6) is 11.5 Å². The molecule has 2 amide bonds. The van der Waals surface area contributed by atoms with E-state index in [0.29, 0.717) is 36.9 Å². The van der Waals surface area contributed by atoms with E-state index in [4.69, 9.17) is 13.9 Å². The number of hydrogen-bond acceptors (Lipinski definition) is 5. The number of furan rings is 1. The Morgan fingerprint density at radius 3 is 2.75 bits per heavy atom. The Labute approximate surface area is 162 Å². The molecule has 0 spiro atoms. The molecular weight excluding hydrogens is 360 g/mol. The second-order valence-corrected chi connectivity index (χ2v) is 6.94. The maximum Gasteiger partial charge on any atom is 0.257 e. The number of hydrogen-bond donors (Lipinski definition) is 1. The molecule has 2 aromatic rings. The standard InChI is InChI=1S/C21H22N2O5/c24-20(4-2-15-1-3-18-19(11-15)28-14-27-18)22-12-16-5-8-23(9-6-16)21(25)17-7-10-26-13-17/h1-4,7,10-11,13,16H,5-6,8-9,12,14H2,(H,22,24)/b4-2+. The molecule has 0 bridgehead atoms. The van der Waals surface area contributed by atoms with Crippen molar-refractivity contribution in [1.82, 2.24) is 10.2 Å². The van der Waals surface area contributed by atoms with Gasteiger partial charge < -0.3 is 24.1 Å². The average Bonchev–Trinajstić information content (AvgIpc) is 3.42. The van der Waals surface area contributed by atoms with Crippen LogP contribution in [0, 0.1) is 5.92 Å². The van der Waals surface area contributed by atoms with Gasteiger partial charge in [0.1, 0.15) is 6.26 Å². The molecule has 1 fully saturated rings. The minimum Gasteiger partial charge on any atom is -0.472 e. The third-order valence-corrected chi connectivity index (χ3v) is 5.06. The quantitative estimate of drug-likeness (QED) is 0.804. The molecule has 1 aromatic carbocycles. The zero-order chi connectivity index (χ0) is 19.3. The molecule has 1 N–H and O–H groups in total. The van der Waals surface area contributed by atoms with E-state index in [-0.39, 0.29) is 18.6 Å². The molecule has 1 aromatic heterocycles. The van der Waals surface area contributed by atoms with Crippen molar-refractivity contribution in [3.05, 3.63) is 54.0 Å². The summed E-state index contributed by atoms with van der Waals surface area (Å²) in [5.74, 6) is 1.66. The zero-order valence-corrected chi connectivity index (χ0v) is 15.4. The number of amides is 2. The van der Waals surface area contributed by atoms with Gasteiger partial charge in [-0.3, -0.25) is 9.59 Å². The van der Waals surface area contributed by atoms with Crippen molar-refractivity contribution >= 4 is 17.9 Å². The molecule has 1 saturated heterocycles. The molecule has 0 unspecified atom stereocenters. The van der Waals surface area contributed by atoms with Crippen LogP contribution in [-0.2, 0) is 4.79 Å². The molecule has 0 aliphatic carbocycles. The first-order chi connectivity index (χ1) is 13.7. The third kappa shape index (κ3) is 4.19. The molecule has 3 heterocycles. The van der Waals surface area contributed by atoms with Crippen LogP contribution < -0.4 is 14.8 Å². The minimum atomic E-state index is -0.130. The number of nitrogens with zero attached hydrogens (tertiary/aromatic N) is 1. The maximum absolute atomic E-state index is 12.3. The summed E-state index contributed by atoms with van der Waals surface area (Å²) in [6.07, 6.45) is 8.00. The van der Waals surface area contributed by atoms with Crippen molar-refractivity contribution in [1.29, 1.82) is 0 Å². The van der Waals surface area contributed by atoms with Crippen LogP contribution in [0.25, 0.3) is 6.08 Å². The molecule has 0 atom stereocenters. The smallest absolute Gasteiger partial charge is 0.257 e. The van der Waals surface area contributed by atoms with Crippen molar-refractivity contribution in [2.24, 2.45) is 5.92 Å². The molecular formula is C21H22N2O5. The van der Waals surface area contributed by atoms with Crippen LogP contribution in [-0.4, -0.2) is 43.1 Å². The highest BCUT2D eigenvalue weighted by molar-refractivity contribution is 5.94. The number of benzene rings is 1. The van der Waals surface area contributed by atoms with Crippen LogP contribution in [0.1, 0.15) is 28.8 Å². The lowest BCUT2D eigenvalue weighted by Crippen LogP contribution is -2.41. The van der Waals surface area contributed by atoms with Crippen molar-refractivity contribution in [3.8, 4) is 11.5 Å². The molecule has 7 nitrogen and oxygen atoms in total. The lowest BCUT2D eigenvalue weighted by molar-refractivity contribution is -0.116. The van der Waals surface area contributed by atoms with Crippen LogP contribution in [0.15, 0.2) is 47.3 Å². The highest BCUT2D eigenvalue weighted by Crippen LogP contribution is 2.32. The van der Waals surface area contributed by atoms with Gasteiger partial charge in [0, 0.05) is 25.7 Å². The van der Waals surface area contributed by atoms with Gasteiger partial charge >= 0.3 is 0 Å². The first kappa shape index (κ1) is 18.2. The SMILES string of the molecule is O=C(/C=C/c1ccc2c(c1)OCO2)NCC1CCN(C(=O)c2ccoc2)CC1. The number of piperidine rings is 1. The van der Waals surface area contributed by atoms with Crippen LogP contribution >= 0.6 is 0 Å². The summed E-state index contributed by atoms with van der Waals surface area (Å²) in [6.45, 7) is 2.22. The van der Waals surface area contributed by atoms with E-state index in [1.807, 2.05) is 23.1 Å². The number of carbonyl (C=O) groups is 2. The normalized spacial score (nSPS) is 16.5. The van der Waals surface area contributed by atoms with Crippen molar-refractivity contribution < 1.29 is 23.5 Å². The number of rotatable bonds is 5. The lowest BCUT2D eigenvalue weighted by atomic mass is 9.96. The van der Waals surface area contributed by atoms with Gasteiger partial charge in [-0.05, 0) is 48.6 Å². The van der Waals surface area contributed by atoms with E-state index in [2.05, 4.69) is 5.32 Å². The van der Waals surface area contributed by atoms with Crippen LogP contribution in [0.4, 0.5) is 0 Å². The Kier molecular flexibility index (Phi) is 5.32. The van der Waals surface area contributed by atoms with Gasteiger partial charge in [-0.2, -0.15) is 0 Å². The Balaban J connectivity index is 1.21. The fourth-order valence-corrected chi connectivity index (χ4v) is 3.40. The number of likely N-dealkylation sites (tertiary alicyclic amines) is 1. The minimum absolute atomic E-state index is 0.00268. The molecule has 2 aliphatic heterocycles. The molecule has 0 radical (unpaired) electrons. The summed E-state index contributed by atoms with van der Waals surface area (Å²) in [7, 11) is 0. The second-order valence-electron chi connectivity index (χ2n) is 6.94. The molecule has 4 rings (SSSR count). The number of nitrogens with one attached hydrogen (secondary N) is 1. The number of carbonyl (C=O) groups excluding carboxylic acids is 2. The monoisotopic (exact) mass is 382 g/mol. The van der Waals surface area contributed by atoms with Crippen LogP contribution in [0.2, 0.25) is 0 Å². The summed E-state index contributed by atoms with van der Waals surface area (Å²) < 4.78 is 15.6. The summed E-state index contributed by atoms with van der Waals surface area (Å²) in [4.78, 5) is 26.2. The van der Waals surface area contributed by atoms with Gasteiger partial charge in [0.25, 0.3) is 5.91 Å². The Bertz CT molecular complexity index is 867. The van der Waals surface area contributed by atoms with Crippen molar-refractivity contribution in [2.75, 3.05) is 26.4 Å². The highest BCUT2D eigenvalue weighted by atomic mass is 16.7. The van der Waals surface area contributed by atoms with Gasteiger partial charge in [-0.1, -0.05) is 6.07 Å². The second kappa shape index (κ2) is 8.21. The van der Waals surface area contributed by atoms with E-state index < -0.39 is 0 Å². The van der Waals surface area contributed by atoms with Gasteiger partial charge in [0.05, 0.1) is 11.8 Å². The topological polar surface area (TPSA) is 81.0 Å². The Morgan fingerprint density at radius 2 is 1.96 bits per heavy atom. The molecule has 28 heavy (non-hydrogen) atoms.